The number of hydrogen-bond acceptors (Lipinski definition) is 4. The van der Waals surface area contributed by atoms with E-state index < -0.39 is 0 Å². The lowest BCUT2D eigenvalue weighted by atomic mass is 10.5. The Morgan fingerprint density at radius 1 is 1.33 bits per heavy atom. The summed E-state index contributed by atoms with van der Waals surface area (Å²) in [6.45, 7) is 0.733. The number of hydrazine groups is 1. The molecule has 0 fully saturated rings. The summed E-state index contributed by atoms with van der Waals surface area (Å²) in [6, 6.07) is 0. The molecular weight excluding hydrogens is 202 g/mol. The quantitative estimate of drug-likeness (QED) is 0.258. The maximum absolute atomic E-state index is 8.56. The van der Waals surface area contributed by atoms with Crippen LogP contribution in [0.5, 0.6) is 0 Å². The molecule has 0 aliphatic rings. The van der Waals surface area contributed by atoms with E-state index in [1.54, 1.807) is 4.90 Å². The van der Waals surface area contributed by atoms with Gasteiger partial charge in [-0.05, 0) is 12.2 Å². The summed E-state index contributed by atoms with van der Waals surface area (Å²) in [4.78, 5) is 1.58. The van der Waals surface area contributed by atoms with Crippen molar-refractivity contribution in [3.05, 3.63) is 0 Å². The minimum Gasteiger partial charge on any atom is -0.395 e. The third kappa shape index (κ3) is 5.50. The SMILES string of the molecule is Cl.NNC(=S)N(CCO)CCO. The fraction of sp³-hybridized carbons (Fsp3) is 0.800. The van der Waals surface area contributed by atoms with Crippen molar-refractivity contribution in [3.63, 3.8) is 0 Å². The van der Waals surface area contributed by atoms with E-state index >= 15 is 0 Å². The van der Waals surface area contributed by atoms with Crippen LogP contribution in [-0.2, 0) is 0 Å². The first-order chi connectivity index (χ1) is 5.26. The van der Waals surface area contributed by atoms with E-state index in [0.29, 0.717) is 18.2 Å². The molecule has 0 atom stereocenters. The van der Waals surface area contributed by atoms with E-state index in [-0.39, 0.29) is 25.6 Å². The number of hydrogen-bond donors (Lipinski definition) is 4. The van der Waals surface area contributed by atoms with Gasteiger partial charge in [0.25, 0.3) is 0 Å². The Kier molecular flexibility index (Phi) is 10.7. The molecule has 0 radical (unpaired) electrons. The topological polar surface area (TPSA) is 81.8 Å². The molecule has 0 spiro atoms. The van der Waals surface area contributed by atoms with Crippen molar-refractivity contribution in [2.75, 3.05) is 26.3 Å². The van der Waals surface area contributed by atoms with Crippen molar-refractivity contribution in [1.82, 2.24) is 10.3 Å². The predicted molar refractivity (Wildman–Crippen MR) is 52.9 cm³/mol. The maximum Gasteiger partial charge on any atom is 0.183 e. The van der Waals surface area contributed by atoms with Crippen LogP contribution < -0.4 is 11.3 Å². The maximum atomic E-state index is 8.56. The van der Waals surface area contributed by atoms with E-state index in [2.05, 4.69) is 5.43 Å². The molecule has 0 aromatic heterocycles. The Balaban J connectivity index is 0. The van der Waals surface area contributed by atoms with Gasteiger partial charge in [0, 0.05) is 13.1 Å². The van der Waals surface area contributed by atoms with Crippen molar-refractivity contribution in [1.29, 1.82) is 0 Å². The molecule has 7 heteroatoms. The van der Waals surface area contributed by atoms with E-state index in [0.717, 1.165) is 0 Å². The number of rotatable bonds is 4. The first kappa shape index (κ1) is 14.4. The second-order valence-electron chi connectivity index (χ2n) is 1.88. The fourth-order valence-corrected chi connectivity index (χ4v) is 0.830. The molecule has 0 unspecified atom stereocenters. The zero-order valence-electron chi connectivity index (χ0n) is 6.56. The molecule has 0 aromatic carbocycles. The average molecular weight is 216 g/mol. The van der Waals surface area contributed by atoms with Gasteiger partial charge in [-0.25, -0.2) is 5.84 Å². The van der Waals surface area contributed by atoms with E-state index in [1.165, 1.54) is 0 Å². The van der Waals surface area contributed by atoms with Crippen molar-refractivity contribution in [3.8, 4) is 0 Å². The predicted octanol–water partition coefficient (Wildman–Crippen LogP) is -1.56. The monoisotopic (exact) mass is 215 g/mol. The molecule has 74 valence electrons. The summed E-state index contributed by atoms with van der Waals surface area (Å²) in [5, 5.41) is 17.4. The van der Waals surface area contributed by atoms with Crippen molar-refractivity contribution in [2.24, 2.45) is 5.84 Å². The van der Waals surface area contributed by atoms with E-state index in [1.807, 2.05) is 0 Å². The van der Waals surface area contributed by atoms with Crippen LogP contribution in [0.2, 0.25) is 0 Å². The first-order valence-electron chi connectivity index (χ1n) is 3.23. The zero-order chi connectivity index (χ0) is 8.69. The number of halogens is 1. The van der Waals surface area contributed by atoms with Gasteiger partial charge in [-0.2, -0.15) is 0 Å². The van der Waals surface area contributed by atoms with Gasteiger partial charge in [0.05, 0.1) is 13.2 Å². The lowest BCUT2D eigenvalue weighted by Gasteiger charge is -2.22. The Morgan fingerprint density at radius 3 is 2.00 bits per heavy atom. The van der Waals surface area contributed by atoms with Crippen LogP contribution in [-0.4, -0.2) is 46.5 Å². The number of aliphatic hydroxyl groups excluding tert-OH is 2. The Bertz CT molecular complexity index is 121. The highest BCUT2D eigenvalue weighted by Gasteiger charge is 2.05. The highest BCUT2D eigenvalue weighted by Crippen LogP contribution is 1.86. The molecule has 12 heavy (non-hydrogen) atoms. The minimum atomic E-state index is -0.0121. The average Bonchev–Trinajstić information content (AvgIpc) is 2.03. The summed E-state index contributed by atoms with van der Waals surface area (Å²) >= 11 is 4.78. The van der Waals surface area contributed by atoms with E-state index in [9.17, 15) is 0 Å². The molecule has 0 bridgehead atoms. The summed E-state index contributed by atoms with van der Waals surface area (Å²) < 4.78 is 0. The smallest absolute Gasteiger partial charge is 0.183 e. The van der Waals surface area contributed by atoms with Gasteiger partial charge in [0.1, 0.15) is 0 Å². The molecule has 5 N–H and O–H groups in total. The van der Waals surface area contributed by atoms with Gasteiger partial charge >= 0.3 is 0 Å². The van der Waals surface area contributed by atoms with Crippen LogP contribution in [0.4, 0.5) is 0 Å². The number of thiocarbonyl (C=S) groups is 1. The summed E-state index contributed by atoms with van der Waals surface area (Å²) in [7, 11) is 0. The number of nitrogens with two attached hydrogens (primary N) is 1. The highest BCUT2D eigenvalue weighted by molar-refractivity contribution is 7.80. The number of aliphatic hydroxyl groups is 2. The molecular formula is C5H14ClN3O2S. The summed E-state index contributed by atoms with van der Waals surface area (Å²) in [5.41, 5.74) is 2.27. The summed E-state index contributed by atoms with van der Waals surface area (Å²) in [6.07, 6.45) is 0. The van der Waals surface area contributed by atoms with Gasteiger partial charge in [-0.1, -0.05) is 0 Å². The fourth-order valence-electron chi connectivity index (χ4n) is 0.648. The minimum absolute atomic E-state index is 0. The third-order valence-electron chi connectivity index (χ3n) is 1.15. The molecule has 0 aromatic rings. The van der Waals surface area contributed by atoms with Crippen LogP contribution in [0.3, 0.4) is 0 Å². The molecule has 0 amide bonds. The third-order valence-corrected chi connectivity index (χ3v) is 1.53. The van der Waals surface area contributed by atoms with Gasteiger partial charge in [-0.15, -0.1) is 12.4 Å². The molecule has 0 aliphatic heterocycles. The first-order valence-corrected chi connectivity index (χ1v) is 3.64. The molecule has 5 nitrogen and oxygen atoms in total. The largest absolute Gasteiger partial charge is 0.395 e. The number of nitrogens with zero attached hydrogens (tertiary/aromatic N) is 1. The van der Waals surface area contributed by atoms with Crippen LogP contribution in [0.1, 0.15) is 0 Å². The van der Waals surface area contributed by atoms with Gasteiger partial charge in [0.2, 0.25) is 0 Å². The van der Waals surface area contributed by atoms with Crippen LogP contribution in [0.15, 0.2) is 0 Å². The molecule has 0 heterocycles. The Morgan fingerprint density at radius 2 is 1.75 bits per heavy atom. The standard InChI is InChI=1S/C5H13N3O2S.ClH/c6-7-5(11)8(1-3-9)2-4-10;/h9-10H,1-4,6H2,(H,7,11);1H. The molecule has 0 saturated heterocycles. The lowest BCUT2D eigenvalue weighted by Crippen LogP contribution is -2.45. The summed E-state index contributed by atoms with van der Waals surface area (Å²) in [5.74, 6) is 5.04. The van der Waals surface area contributed by atoms with Crippen LogP contribution in [0, 0.1) is 0 Å². The van der Waals surface area contributed by atoms with Crippen LogP contribution in [0.25, 0.3) is 0 Å². The Labute approximate surface area is 82.9 Å². The zero-order valence-corrected chi connectivity index (χ0v) is 8.20. The molecule has 0 rings (SSSR count). The normalized spacial score (nSPS) is 8.58. The Hall–Kier alpha value is -0.140. The lowest BCUT2D eigenvalue weighted by molar-refractivity contribution is 0.211. The van der Waals surface area contributed by atoms with Crippen molar-refractivity contribution < 1.29 is 10.2 Å². The second-order valence-corrected chi connectivity index (χ2v) is 2.27. The molecule has 0 aliphatic carbocycles. The second kappa shape index (κ2) is 8.95. The van der Waals surface area contributed by atoms with Gasteiger partial charge < -0.3 is 20.5 Å². The number of nitrogens with one attached hydrogen (secondary N) is 1. The van der Waals surface area contributed by atoms with Crippen LogP contribution >= 0.6 is 24.6 Å². The van der Waals surface area contributed by atoms with E-state index in [4.69, 9.17) is 28.3 Å². The van der Waals surface area contributed by atoms with Crippen molar-refractivity contribution >= 4 is 29.7 Å². The highest BCUT2D eigenvalue weighted by atomic mass is 35.5. The van der Waals surface area contributed by atoms with Gasteiger partial charge in [0.15, 0.2) is 5.11 Å². The molecule has 0 saturated carbocycles. The van der Waals surface area contributed by atoms with Crippen molar-refractivity contribution in [2.45, 2.75) is 0 Å². The van der Waals surface area contributed by atoms with Gasteiger partial charge in [-0.3, -0.25) is 0 Å².